The lowest BCUT2D eigenvalue weighted by atomic mass is 9.90. The molecule has 1 aromatic carbocycles. The Labute approximate surface area is 175 Å². The van der Waals surface area contributed by atoms with Gasteiger partial charge in [0.2, 0.25) is 5.91 Å². The Hall–Kier alpha value is -2.04. The molecular formula is C24H38N2O3. The van der Waals surface area contributed by atoms with E-state index in [4.69, 9.17) is 0 Å². The summed E-state index contributed by atoms with van der Waals surface area (Å²) in [6.07, 6.45) is 7.03. The molecule has 0 spiro atoms. The van der Waals surface area contributed by atoms with Crippen molar-refractivity contribution in [2.45, 2.75) is 86.5 Å². The maximum atomic E-state index is 12.8. The van der Waals surface area contributed by atoms with Crippen molar-refractivity contribution in [3.63, 3.8) is 0 Å². The van der Waals surface area contributed by atoms with Crippen LogP contribution in [-0.2, 0) is 22.4 Å². The van der Waals surface area contributed by atoms with E-state index in [0.717, 1.165) is 54.0 Å². The first-order valence-electron chi connectivity index (χ1n) is 11.0. The fourth-order valence-electron chi connectivity index (χ4n) is 4.13. The summed E-state index contributed by atoms with van der Waals surface area (Å²) in [4.78, 5) is 26.7. The molecular weight excluding hydrogens is 364 g/mol. The van der Waals surface area contributed by atoms with Gasteiger partial charge in [0, 0.05) is 18.5 Å². The third kappa shape index (κ3) is 5.52. The molecule has 5 heteroatoms. The van der Waals surface area contributed by atoms with Crippen LogP contribution >= 0.6 is 0 Å². The van der Waals surface area contributed by atoms with E-state index >= 15 is 0 Å². The zero-order chi connectivity index (χ0) is 21.8. The van der Waals surface area contributed by atoms with Gasteiger partial charge in [0.25, 0.3) is 0 Å². The lowest BCUT2D eigenvalue weighted by molar-refractivity contribution is -0.136. The predicted octanol–water partition coefficient (Wildman–Crippen LogP) is 5.25. The molecule has 0 bridgehead atoms. The summed E-state index contributed by atoms with van der Waals surface area (Å²) < 4.78 is 0. The molecule has 1 aliphatic heterocycles. The number of anilines is 2. The van der Waals surface area contributed by atoms with Crippen LogP contribution in [0.25, 0.3) is 0 Å². The molecule has 0 radical (unpaired) electrons. The number of hydrogen-bond acceptors (Lipinski definition) is 3. The largest absolute Gasteiger partial charge is 0.481 e. The molecule has 0 unspecified atom stereocenters. The van der Waals surface area contributed by atoms with Crippen LogP contribution < -0.4 is 10.2 Å². The molecule has 0 saturated carbocycles. The normalized spacial score (nSPS) is 13.5. The zero-order valence-electron chi connectivity index (χ0n) is 19.1. The highest BCUT2D eigenvalue weighted by atomic mass is 16.4. The Bertz CT molecular complexity index is 763. The van der Waals surface area contributed by atoms with Gasteiger partial charge in [-0.05, 0) is 48.9 Å². The molecule has 2 N–H and O–H groups in total. The fraction of sp³-hybridized carbons (Fsp3) is 0.667. The molecule has 0 saturated heterocycles. The van der Waals surface area contributed by atoms with Crippen molar-refractivity contribution in [1.82, 2.24) is 0 Å². The van der Waals surface area contributed by atoms with Gasteiger partial charge in [-0.3, -0.25) is 9.59 Å². The Balaban J connectivity index is 2.41. The number of hydrogen-bond donors (Lipinski definition) is 2. The lowest BCUT2D eigenvalue weighted by Crippen LogP contribution is -2.30. The summed E-state index contributed by atoms with van der Waals surface area (Å²) in [5, 5.41) is 12.6. The number of nitrogens with zero attached hydrogens (tertiary/aromatic N) is 1. The highest BCUT2D eigenvalue weighted by Gasteiger charge is 2.31. The Kier molecular flexibility index (Phi) is 7.73. The number of nitrogens with one attached hydrogen (secondary N) is 1. The Morgan fingerprint density at radius 2 is 1.72 bits per heavy atom. The fourth-order valence-corrected chi connectivity index (χ4v) is 4.13. The van der Waals surface area contributed by atoms with Gasteiger partial charge in [0.1, 0.15) is 0 Å². The number of fused-ring (bicyclic) bond motifs is 1. The molecule has 2 rings (SSSR count). The maximum Gasteiger partial charge on any atom is 0.307 e. The van der Waals surface area contributed by atoms with Gasteiger partial charge >= 0.3 is 5.97 Å². The van der Waals surface area contributed by atoms with Crippen molar-refractivity contribution in [2.75, 3.05) is 23.3 Å². The van der Waals surface area contributed by atoms with E-state index in [2.05, 4.69) is 17.1 Å². The van der Waals surface area contributed by atoms with Crippen molar-refractivity contribution in [3.05, 3.63) is 22.3 Å². The first-order valence-corrected chi connectivity index (χ1v) is 11.0. The number of aliphatic carboxylic acids is 1. The second-order valence-electron chi connectivity index (χ2n) is 9.36. The average Bonchev–Trinajstić information content (AvgIpc) is 3.05. The summed E-state index contributed by atoms with van der Waals surface area (Å²) >= 11 is 0. The number of unbranched alkanes of at least 4 members (excludes halogenated alkanes) is 4. The Morgan fingerprint density at radius 3 is 2.31 bits per heavy atom. The number of carboxylic acid groups (broad SMARTS) is 1. The summed E-state index contributed by atoms with van der Waals surface area (Å²) in [6, 6.07) is 0. The monoisotopic (exact) mass is 402 g/mol. The average molecular weight is 403 g/mol. The van der Waals surface area contributed by atoms with Gasteiger partial charge < -0.3 is 15.3 Å². The number of carboxylic acids is 1. The van der Waals surface area contributed by atoms with Crippen molar-refractivity contribution in [3.8, 4) is 0 Å². The molecule has 1 aromatic rings. The van der Waals surface area contributed by atoms with Crippen molar-refractivity contribution >= 4 is 23.3 Å². The minimum atomic E-state index is -0.838. The van der Waals surface area contributed by atoms with Gasteiger partial charge in [-0.1, -0.05) is 53.4 Å². The van der Waals surface area contributed by atoms with E-state index in [1.807, 2.05) is 34.6 Å². The van der Waals surface area contributed by atoms with E-state index in [9.17, 15) is 14.7 Å². The van der Waals surface area contributed by atoms with Gasteiger partial charge in [-0.15, -0.1) is 0 Å². The quantitative estimate of drug-likeness (QED) is 0.554. The van der Waals surface area contributed by atoms with Crippen LogP contribution in [0, 0.1) is 19.3 Å². The van der Waals surface area contributed by atoms with E-state index in [1.54, 1.807) is 0 Å². The SMILES string of the molecule is CCCCCCCN1CCc2c(C)c(CC(=O)O)c(C)c(NC(=O)C(C)(C)C)c21. The molecule has 0 fully saturated rings. The smallest absolute Gasteiger partial charge is 0.307 e. The minimum absolute atomic E-state index is 0.0135. The van der Waals surface area contributed by atoms with Crippen LogP contribution in [0.4, 0.5) is 11.4 Å². The van der Waals surface area contributed by atoms with Gasteiger partial charge in [-0.2, -0.15) is 0 Å². The van der Waals surface area contributed by atoms with E-state index < -0.39 is 11.4 Å². The number of carbonyl (C=O) groups is 2. The highest BCUT2D eigenvalue weighted by molar-refractivity contribution is 6.00. The highest BCUT2D eigenvalue weighted by Crippen LogP contribution is 2.43. The minimum Gasteiger partial charge on any atom is -0.481 e. The number of rotatable bonds is 9. The molecule has 0 aliphatic carbocycles. The molecule has 1 aliphatic rings. The van der Waals surface area contributed by atoms with Crippen LogP contribution in [0.15, 0.2) is 0 Å². The summed E-state index contributed by atoms with van der Waals surface area (Å²) in [6.45, 7) is 13.8. The lowest BCUT2D eigenvalue weighted by Gasteiger charge is -2.28. The van der Waals surface area contributed by atoms with E-state index in [-0.39, 0.29) is 12.3 Å². The predicted molar refractivity (Wildman–Crippen MR) is 120 cm³/mol. The van der Waals surface area contributed by atoms with Crippen molar-refractivity contribution in [1.29, 1.82) is 0 Å². The van der Waals surface area contributed by atoms with E-state index in [1.165, 1.54) is 31.2 Å². The molecule has 5 nitrogen and oxygen atoms in total. The summed E-state index contributed by atoms with van der Waals surface area (Å²) in [5.41, 5.74) is 5.41. The Morgan fingerprint density at radius 1 is 1.07 bits per heavy atom. The van der Waals surface area contributed by atoms with Crippen LogP contribution in [0.3, 0.4) is 0 Å². The van der Waals surface area contributed by atoms with E-state index in [0.29, 0.717) is 0 Å². The maximum absolute atomic E-state index is 12.8. The topological polar surface area (TPSA) is 69.6 Å². The summed E-state index contributed by atoms with van der Waals surface area (Å²) in [7, 11) is 0. The van der Waals surface area contributed by atoms with Gasteiger partial charge in [0.05, 0.1) is 17.8 Å². The standard InChI is InChI=1S/C24H38N2O3/c1-7-8-9-10-11-13-26-14-12-18-16(2)19(15-20(27)28)17(3)21(22(18)26)25-23(29)24(4,5)6/h7-15H2,1-6H3,(H,25,29)(H,27,28). The molecule has 1 heterocycles. The molecule has 29 heavy (non-hydrogen) atoms. The van der Waals surface area contributed by atoms with Crippen molar-refractivity contribution in [2.24, 2.45) is 5.41 Å². The molecule has 0 atom stereocenters. The summed E-state index contributed by atoms with van der Waals surface area (Å²) in [5.74, 6) is -0.877. The second-order valence-corrected chi connectivity index (χ2v) is 9.36. The molecule has 162 valence electrons. The third-order valence-electron chi connectivity index (χ3n) is 5.98. The van der Waals surface area contributed by atoms with Gasteiger partial charge in [0.15, 0.2) is 0 Å². The van der Waals surface area contributed by atoms with Crippen LogP contribution in [0.2, 0.25) is 0 Å². The molecule has 1 amide bonds. The number of benzene rings is 1. The van der Waals surface area contributed by atoms with Crippen LogP contribution in [-0.4, -0.2) is 30.1 Å². The second kappa shape index (κ2) is 9.64. The van der Waals surface area contributed by atoms with Crippen molar-refractivity contribution < 1.29 is 14.7 Å². The molecule has 0 aromatic heterocycles. The number of carbonyl (C=O) groups excluding carboxylic acids is 1. The number of amides is 1. The first kappa shape index (κ1) is 23.2. The zero-order valence-corrected chi connectivity index (χ0v) is 19.1. The van der Waals surface area contributed by atoms with Crippen LogP contribution in [0.1, 0.15) is 82.1 Å². The third-order valence-corrected chi connectivity index (χ3v) is 5.98. The van der Waals surface area contributed by atoms with Crippen LogP contribution in [0.5, 0.6) is 0 Å². The first-order chi connectivity index (χ1) is 13.6. The van der Waals surface area contributed by atoms with Gasteiger partial charge in [-0.25, -0.2) is 0 Å².